The van der Waals surface area contributed by atoms with E-state index < -0.39 is 5.97 Å². The molecule has 0 amide bonds. The molecule has 0 bridgehead atoms. The highest BCUT2D eigenvalue weighted by Crippen LogP contribution is 2.31. The molecule has 1 aliphatic rings. The lowest BCUT2D eigenvalue weighted by Gasteiger charge is -2.10. The van der Waals surface area contributed by atoms with E-state index in [0.717, 1.165) is 0 Å². The number of carbonyl (C=O) groups excluding carboxylic acids is 1. The van der Waals surface area contributed by atoms with Crippen LogP contribution in [0, 0.1) is 23.7 Å². The Bertz CT molecular complexity index is 274. The summed E-state index contributed by atoms with van der Waals surface area (Å²) in [5.41, 5.74) is 0. The van der Waals surface area contributed by atoms with Gasteiger partial charge in [-0.1, -0.05) is 12.8 Å². The molecule has 3 heteroatoms. The van der Waals surface area contributed by atoms with Gasteiger partial charge >= 0.3 is 5.97 Å². The molecule has 0 N–H and O–H groups in total. The third-order valence-electron chi connectivity index (χ3n) is 2.77. The average molecular weight is 196 g/mol. The first-order chi connectivity index (χ1) is 6.56. The van der Waals surface area contributed by atoms with Crippen molar-refractivity contribution in [2.45, 2.75) is 33.0 Å². The summed E-state index contributed by atoms with van der Waals surface area (Å²) in [6.07, 6.45) is 0.305. The van der Waals surface area contributed by atoms with Gasteiger partial charge in [-0.05, 0) is 19.8 Å². The lowest BCUT2D eigenvalue weighted by molar-refractivity contribution is -0.133. The molecule has 1 aliphatic heterocycles. The fraction of sp³-hybridized carbons (Fsp3) is 0.727. The van der Waals surface area contributed by atoms with Gasteiger partial charge in [-0.3, -0.25) is 0 Å². The molecule has 4 unspecified atom stereocenters. The highest BCUT2D eigenvalue weighted by atomic mass is 16.5. The van der Waals surface area contributed by atoms with Gasteiger partial charge in [0, 0.05) is 5.92 Å². The van der Waals surface area contributed by atoms with Gasteiger partial charge in [-0.25, -0.2) is 4.79 Å². The predicted octanol–water partition coefficient (Wildman–Crippen LogP) is 1.22. The van der Waals surface area contributed by atoms with Crippen LogP contribution in [0.15, 0.2) is 0 Å². The summed E-state index contributed by atoms with van der Waals surface area (Å²) in [5.74, 6) is 5.39. The third-order valence-corrected chi connectivity index (χ3v) is 2.77. The van der Waals surface area contributed by atoms with E-state index in [1.807, 2.05) is 13.8 Å². The number of carbonyl (C=O) groups is 1. The minimum Gasteiger partial charge on any atom is -0.459 e. The van der Waals surface area contributed by atoms with Crippen LogP contribution < -0.4 is 0 Å². The maximum absolute atomic E-state index is 10.8. The van der Waals surface area contributed by atoms with Crippen molar-refractivity contribution in [3.8, 4) is 11.8 Å². The summed E-state index contributed by atoms with van der Waals surface area (Å²) in [4.78, 5) is 10.8. The molecule has 1 heterocycles. The SMILES string of the molecule is COC(=O)C#CC1C(C)OC(C)C1C. The number of rotatable bonds is 0. The molecule has 0 aromatic carbocycles. The van der Waals surface area contributed by atoms with Crippen molar-refractivity contribution in [1.82, 2.24) is 0 Å². The number of hydrogen-bond acceptors (Lipinski definition) is 3. The van der Waals surface area contributed by atoms with Crippen molar-refractivity contribution in [2.24, 2.45) is 11.8 Å². The van der Waals surface area contributed by atoms with Gasteiger partial charge in [0.15, 0.2) is 0 Å². The van der Waals surface area contributed by atoms with E-state index in [-0.39, 0.29) is 18.1 Å². The molecule has 1 fully saturated rings. The number of methoxy groups -OCH3 is 1. The van der Waals surface area contributed by atoms with Crippen molar-refractivity contribution >= 4 is 5.97 Å². The zero-order valence-electron chi connectivity index (χ0n) is 9.03. The number of hydrogen-bond donors (Lipinski definition) is 0. The van der Waals surface area contributed by atoms with Crippen molar-refractivity contribution in [3.05, 3.63) is 0 Å². The van der Waals surface area contributed by atoms with Crippen LogP contribution in [0.2, 0.25) is 0 Å². The van der Waals surface area contributed by atoms with Gasteiger partial charge in [0.05, 0.1) is 25.2 Å². The van der Waals surface area contributed by atoms with Crippen LogP contribution in [-0.4, -0.2) is 25.3 Å². The van der Waals surface area contributed by atoms with Gasteiger partial charge in [0.25, 0.3) is 0 Å². The normalized spacial score (nSPS) is 36.0. The average Bonchev–Trinajstić information content (AvgIpc) is 2.39. The Kier molecular flexibility index (Phi) is 3.54. The Morgan fingerprint density at radius 2 is 1.93 bits per heavy atom. The summed E-state index contributed by atoms with van der Waals surface area (Å²) < 4.78 is 10.1. The minimum atomic E-state index is -0.482. The maximum Gasteiger partial charge on any atom is 0.384 e. The third kappa shape index (κ3) is 2.27. The van der Waals surface area contributed by atoms with Crippen LogP contribution in [0.5, 0.6) is 0 Å². The second-order valence-electron chi connectivity index (χ2n) is 3.69. The predicted molar refractivity (Wildman–Crippen MR) is 52.5 cm³/mol. The molecule has 14 heavy (non-hydrogen) atoms. The van der Waals surface area contributed by atoms with Gasteiger partial charge in [-0.15, -0.1) is 0 Å². The first-order valence-electron chi connectivity index (χ1n) is 4.81. The smallest absolute Gasteiger partial charge is 0.384 e. The van der Waals surface area contributed by atoms with Crippen molar-refractivity contribution in [2.75, 3.05) is 7.11 Å². The first-order valence-corrected chi connectivity index (χ1v) is 4.81. The zero-order valence-corrected chi connectivity index (χ0v) is 9.03. The maximum atomic E-state index is 10.8. The molecule has 0 saturated carbocycles. The highest BCUT2D eigenvalue weighted by Gasteiger charge is 2.35. The summed E-state index contributed by atoms with van der Waals surface area (Å²) >= 11 is 0. The Morgan fingerprint density at radius 1 is 1.29 bits per heavy atom. The molecule has 0 aromatic rings. The van der Waals surface area contributed by atoms with Crippen molar-refractivity contribution in [1.29, 1.82) is 0 Å². The van der Waals surface area contributed by atoms with E-state index in [0.29, 0.717) is 5.92 Å². The molecule has 0 aliphatic carbocycles. The highest BCUT2D eigenvalue weighted by molar-refractivity contribution is 5.88. The summed E-state index contributed by atoms with van der Waals surface area (Å²) in [6, 6.07) is 0. The van der Waals surface area contributed by atoms with Gasteiger partial charge in [0.1, 0.15) is 0 Å². The molecule has 78 valence electrons. The van der Waals surface area contributed by atoms with Crippen LogP contribution in [0.25, 0.3) is 0 Å². The molecule has 1 saturated heterocycles. The first kappa shape index (κ1) is 11.1. The van der Waals surface area contributed by atoms with Crippen molar-refractivity contribution in [3.63, 3.8) is 0 Å². The van der Waals surface area contributed by atoms with E-state index in [9.17, 15) is 4.79 Å². The van der Waals surface area contributed by atoms with Crippen LogP contribution in [0.1, 0.15) is 20.8 Å². The molecule has 1 rings (SSSR count). The molecular weight excluding hydrogens is 180 g/mol. The Labute approximate surface area is 84.8 Å². The van der Waals surface area contributed by atoms with Gasteiger partial charge in [0.2, 0.25) is 0 Å². The fourth-order valence-electron chi connectivity index (χ4n) is 1.71. The van der Waals surface area contributed by atoms with Crippen LogP contribution in [0.4, 0.5) is 0 Å². The summed E-state index contributed by atoms with van der Waals surface area (Å²) in [7, 11) is 1.33. The van der Waals surface area contributed by atoms with E-state index in [2.05, 4.69) is 23.5 Å². The Morgan fingerprint density at radius 3 is 2.36 bits per heavy atom. The second-order valence-corrected chi connectivity index (χ2v) is 3.69. The lowest BCUT2D eigenvalue weighted by atomic mass is 9.90. The van der Waals surface area contributed by atoms with Crippen LogP contribution in [0.3, 0.4) is 0 Å². The lowest BCUT2D eigenvalue weighted by Crippen LogP contribution is -2.15. The van der Waals surface area contributed by atoms with E-state index in [1.165, 1.54) is 7.11 Å². The van der Waals surface area contributed by atoms with Crippen LogP contribution in [-0.2, 0) is 14.3 Å². The van der Waals surface area contributed by atoms with E-state index in [1.54, 1.807) is 0 Å². The molecular formula is C11H16O3. The topological polar surface area (TPSA) is 35.5 Å². The monoisotopic (exact) mass is 196 g/mol. The Balaban J connectivity index is 2.67. The summed E-state index contributed by atoms with van der Waals surface area (Å²) in [6.45, 7) is 6.10. The van der Waals surface area contributed by atoms with Crippen molar-refractivity contribution < 1.29 is 14.3 Å². The van der Waals surface area contributed by atoms with Crippen LogP contribution >= 0.6 is 0 Å². The standard InChI is InChI=1S/C11H16O3/c1-7-8(2)14-9(3)10(7)5-6-11(12)13-4/h7-10H,1-4H3. The minimum absolute atomic E-state index is 0.0946. The zero-order chi connectivity index (χ0) is 10.7. The summed E-state index contributed by atoms with van der Waals surface area (Å²) in [5, 5.41) is 0. The largest absolute Gasteiger partial charge is 0.459 e. The number of ether oxygens (including phenoxy) is 2. The molecule has 3 nitrogen and oxygen atoms in total. The molecule has 0 aromatic heterocycles. The van der Waals surface area contributed by atoms with Gasteiger partial charge in [-0.2, -0.15) is 0 Å². The Hall–Kier alpha value is -1.01. The van der Waals surface area contributed by atoms with E-state index in [4.69, 9.17) is 4.74 Å². The fourth-order valence-corrected chi connectivity index (χ4v) is 1.71. The quantitative estimate of drug-likeness (QED) is 0.332. The molecule has 0 radical (unpaired) electrons. The molecule has 4 atom stereocenters. The molecule has 0 spiro atoms. The number of esters is 1. The van der Waals surface area contributed by atoms with E-state index >= 15 is 0 Å². The second kappa shape index (κ2) is 4.47. The van der Waals surface area contributed by atoms with Gasteiger partial charge < -0.3 is 9.47 Å².